The maximum Gasteiger partial charge on any atom is 0.337 e. The molecule has 0 saturated carbocycles. The number of ether oxygens (including phenoxy) is 1. The lowest BCUT2D eigenvalue weighted by molar-refractivity contribution is 0.0697. The van der Waals surface area contributed by atoms with E-state index in [2.05, 4.69) is 21.2 Å². The zero-order valence-electron chi connectivity index (χ0n) is 13.3. The summed E-state index contributed by atoms with van der Waals surface area (Å²) in [6.45, 7) is 3.14. The Hall–Kier alpha value is -1.72. The van der Waals surface area contributed by atoms with Crippen molar-refractivity contribution in [3.8, 4) is 5.75 Å². The summed E-state index contributed by atoms with van der Waals surface area (Å²) in [6.07, 6.45) is 1.73. The molecular formula is C18H19BrClNO3. The maximum absolute atomic E-state index is 11.4. The van der Waals surface area contributed by atoms with Crippen LogP contribution in [0.4, 0.5) is 5.69 Å². The van der Waals surface area contributed by atoms with Gasteiger partial charge in [-0.2, -0.15) is 0 Å². The summed E-state index contributed by atoms with van der Waals surface area (Å²) in [5.41, 5.74) is 1.80. The lowest BCUT2D eigenvalue weighted by Gasteiger charge is -2.13. The van der Waals surface area contributed by atoms with E-state index >= 15 is 0 Å². The van der Waals surface area contributed by atoms with Crippen LogP contribution in [0.5, 0.6) is 5.75 Å². The molecule has 0 unspecified atom stereocenters. The first-order valence-corrected chi connectivity index (χ1v) is 8.80. The Morgan fingerprint density at radius 2 is 1.96 bits per heavy atom. The maximum atomic E-state index is 11.4. The van der Waals surface area contributed by atoms with Gasteiger partial charge in [0.2, 0.25) is 0 Å². The zero-order valence-corrected chi connectivity index (χ0v) is 15.7. The highest BCUT2D eigenvalue weighted by Gasteiger charge is 2.13. The normalized spacial score (nSPS) is 10.5. The molecule has 0 atom stereocenters. The molecule has 0 bridgehead atoms. The highest BCUT2D eigenvalue weighted by atomic mass is 79.9. The molecule has 0 fully saturated rings. The summed E-state index contributed by atoms with van der Waals surface area (Å²) in [5, 5.41) is 13.2. The summed E-state index contributed by atoms with van der Waals surface area (Å²) in [5.74, 6) is -0.144. The molecule has 0 heterocycles. The Labute approximate surface area is 154 Å². The van der Waals surface area contributed by atoms with Gasteiger partial charge in [0.15, 0.2) is 0 Å². The number of nitrogens with one attached hydrogen (secondary N) is 1. The zero-order chi connectivity index (χ0) is 17.5. The molecular weight excluding hydrogens is 394 g/mol. The van der Waals surface area contributed by atoms with Crippen molar-refractivity contribution in [3.63, 3.8) is 0 Å². The first-order chi connectivity index (χ1) is 11.5. The van der Waals surface area contributed by atoms with E-state index in [1.807, 2.05) is 25.1 Å². The van der Waals surface area contributed by atoms with Crippen LogP contribution >= 0.6 is 27.5 Å². The fraction of sp³-hybridized carbons (Fsp3) is 0.278. The van der Waals surface area contributed by atoms with Crippen LogP contribution in [0.2, 0.25) is 5.02 Å². The Morgan fingerprint density at radius 3 is 2.62 bits per heavy atom. The third-order valence-electron chi connectivity index (χ3n) is 3.42. The van der Waals surface area contributed by atoms with Gasteiger partial charge < -0.3 is 15.2 Å². The van der Waals surface area contributed by atoms with Gasteiger partial charge in [0, 0.05) is 16.0 Å². The number of halogens is 2. The molecule has 128 valence electrons. The molecule has 2 aromatic carbocycles. The van der Waals surface area contributed by atoms with Gasteiger partial charge in [0.05, 0.1) is 17.9 Å². The van der Waals surface area contributed by atoms with E-state index < -0.39 is 5.97 Å². The molecule has 0 aliphatic carbocycles. The molecule has 2 aromatic rings. The second kappa shape index (κ2) is 8.94. The summed E-state index contributed by atoms with van der Waals surface area (Å²) in [4.78, 5) is 11.4. The van der Waals surface area contributed by atoms with Gasteiger partial charge in [-0.15, -0.1) is 0 Å². The van der Waals surface area contributed by atoms with Crippen LogP contribution in [0.25, 0.3) is 0 Å². The number of carboxylic acids is 1. The fourth-order valence-electron chi connectivity index (χ4n) is 2.25. The highest BCUT2D eigenvalue weighted by molar-refractivity contribution is 9.10. The minimum atomic E-state index is -0.937. The lowest BCUT2D eigenvalue weighted by Crippen LogP contribution is -2.10. The monoisotopic (exact) mass is 411 g/mol. The number of aryl methyl sites for hydroxylation is 1. The van der Waals surface area contributed by atoms with Gasteiger partial charge in [-0.1, -0.05) is 11.6 Å². The third-order valence-corrected chi connectivity index (χ3v) is 4.30. The van der Waals surface area contributed by atoms with Crippen molar-refractivity contribution in [2.24, 2.45) is 0 Å². The molecule has 4 nitrogen and oxygen atoms in total. The molecule has 0 saturated heterocycles. The molecule has 2 N–H and O–H groups in total. The fourth-order valence-corrected chi connectivity index (χ4v) is 3.09. The van der Waals surface area contributed by atoms with Crippen molar-refractivity contribution < 1.29 is 14.6 Å². The summed E-state index contributed by atoms with van der Waals surface area (Å²) < 4.78 is 6.39. The van der Waals surface area contributed by atoms with Gasteiger partial charge in [-0.05, 0) is 77.7 Å². The number of rotatable bonds is 8. The predicted molar refractivity (Wildman–Crippen MR) is 101 cm³/mol. The Bertz CT molecular complexity index is 704. The molecule has 2 rings (SSSR count). The summed E-state index contributed by atoms with van der Waals surface area (Å²) in [7, 11) is 0. The number of hydrogen-bond donors (Lipinski definition) is 2. The minimum Gasteiger partial charge on any atom is -0.494 e. The number of anilines is 1. The Kier molecular flexibility index (Phi) is 6.94. The third kappa shape index (κ3) is 5.42. The van der Waals surface area contributed by atoms with E-state index in [0.29, 0.717) is 23.9 Å². The van der Waals surface area contributed by atoms with E-state index in [1.54, 1.807) is 18.2 Å². The molecule has 0 spiro atoms. The van der Waals surface area contributed by atoms with Crippen LogP contribution in [-0.4, -0.2) is 24.2 Å². The van der Waals surface area contributed by atoms with Crippen LogP contribution in [-0.2, 0) is 0 Å². The van der Waals surface area contributed by atoms with Gasteiger partial charge in [0.25, 0.3) is 0 Å². The number of hydrogen-bond acceptors (Lipinski definition) is 3. The van der Waals surface area contributed by atoms with Gasteiger partial charge in [0.1, 0.15) is 5.75 Å². The minimum absolute atomic E-state index is 0.277. The van der Waals surface area contributed by atoms with Gasteiger partial charge in [-0.3, -0.25) is 0 Å². The Balaban J connectivity index is 1.78. The van der Waals surface area contributed by atoms with Crippen LogP contribution in [0.1, 0.15) is 28.8 Å². The van der Waals surface area contributed by atoms with Gasteiger partial charge in [-0.25, -0.2) is 4.79 Å². The number of aromatic carboxylic acids is 1. The smallest absolute Gasteiger partial charge is 0.337 e. The topological polar surface area (TPSA) is 58.6 Å². The average Bonchev–Trinajstić information content (AvgIpc) is 2.53. The molecule has 0 aromatic heterocycles. The van der Waals surface area contributed by atoms with Crippen molar-refractivity contribution in [2.75, 3.05) is 18.5 Å². The molecule has 0 amide bonds. The van der Waals surface area contributed by atoms with Crippen molar-refractivity contribution in [1.29, 1.82) is 0 Å². The predicted octanol–water partition coefficient (Wildman–Crippen LogP) is 5.38. The van der Waals surface area contributed by atoms with Crippen molar-refractivity contribution in [1.82, 2.24) is 0 Å². The highest BCUT2D eigenvalue weighted by Crippen LogP contribution is 2.28. The van der Waals surface area contributed by atoms with Crippen LogP contribution < -0.4 is 10.1 Å². The first-order valence-electron chi connectivity index (χ1n) is 7.63. The van der Waals surface area contributed by atoms with Crippen LogP contribution in [0.3, 0.4) is 0 Å². The van der Waals surface area contributed by atoms with Crippen LogP contribution in [0.15, 0.2) is 40.9 Å². The first kappa shape index (κ1) is 18.6. The van der Waals surface area contributed by atoms with E-state index in [0.717, 1.165) is 28.6 Å². The van der Waals surface area contributed by atoms with Crippen molar-refractivity contribution in [2.45, 2.75) is 19.8 Å². The van der Waals surface area contributed by atoms with E-state index in [4.69, 9.17) is 16.3 Å². The van der Waals surface area contributed by atoms with E-state index in [1.165, 1.54) is 0 Å². The quantitative estimate of drug-likeness (QED) is 0.571. The van der Waals surface area contributed by atoms with Crippen molar-refractivity contribution >= 4 is 39.2 Å². The van der Waals surface area contributed by atoms with Gasteiger partial charge >= 0.3 is 5.97 Å². The molecule has 0 aliphatic rings. The Morgan fingerprint density at radius 1 is 1.25 bits per heavy atom. The number of benzene rings is 2. The second-order valence-electron chi connectivity index (χ2n) is 5.41. The number of unbranched alkanes of at least 4 members (excludes halogenated alkanes) is 1. The standard InChI is InChI=1S/C18H19BrClNO3/c1-12-10-15(18(22)23)17(16(19)11-12)21-8-2-3-9-24-14-6-4-13(20)5-7-14/h4-7,10-11,21H,2-3,8-9H2,1H3,(H,22,23). The molecule has 0 radical (unpaired) electrons. The average molecular weight is 413 g/mol. The van der Waals surface area contributed by atoms with E-state index in [9.17, 15) is 9.90 Å². The number of carbonyl (C=O) groups is 1. The molecule has 6 heteroatoms. The molecule has 24 heavy (non-hydrogen) atoms. The SMILES string of the molecule is Cc1cc(Br)c(NCCCCOc2ccc(Cl)cc2)c(C(=O)O)c1. The van der Waals surface area contributed by atoms with Crippen LogP contribution in [0, 0.1) is 6.92 Å². The summed E-state index contributed by atoms with van der Waals surface area (Å²) >= 11 is 9.24. The van der Waals surface area contributed by atoms with Crippen molar-refractivity contribution in [3.05, 3.63) is 57.0 Å². The largest absolute Gasteiger partial charge is 0.494 e. The second-order valence-corrected chi connectivity index (χ2v) is 6.70. The number of carboxylic acid groups (broad SMARTS) is 1. The molecule has 0 aliphatic heterocycles. The van der Waals surface area contributed by atoms with E-state index in [-0.39, 0.29) is 5.56 Å². The summed E-state index contributed by atoms with van der Waals surface area (Å²) in [6, 6.07) is 10.8. The lowest BCUT2D eigenvalue weighted by atomic mass is 10.1.